The van der Waals surface area contributed by atoms with Crippen molar-refractivity contribution in [1.82, 2.24) is 10.6 Å². The number of hydrogen-bond donors (Lipinski definition) is 9. The van der Waals surface area contributed by atoms with Crippen LogP contribution >= 0.6 is 11.8 Å². The van der Waals surface area contributed by atoms with Crippen molar-refractivity contribution < 1.29 is 63.7 Å². The molecular formula is C61H93N9O15SSi8. The fraction of sp³-hybridized carbons (Fsp3) is 0.475. The van der Waals surface area contributed by atoms with E-state index in [0.29, 0.717) is 44.9 Å². The van der Waals surface area contributed by atoms with E-state index in [0.717, 1.165) is 38.9 Å². The topological polar surface area (TPSA) is 360 Å². The van der Waals surface area contributed by atoms with E-state index in [1.54, 1.807) is 11.8 Å². The number of nitrogens with two attached hydrogens (primary N) is 7. The summed E-state index contributed by atoms with van der Waals surface area (Å²) in [5.41, 5.74) is 52.0. The largest absolute Gasteiger partial charge is 0.478 e. The van der Waals surface area contributed by atoms with Crippen molar-refractivity contribution in [1.29, 1.82) is 0 Å². The summed E-state index contributed by atoms with van der Waals surface area (Å²) >= 11 is 1.54. The van der Waals surface area contributed by atoms with Gasteiger partial charge in [0.25, 0.3) is 0 Å². The van der Waals surface area contributed by atoms with Crippen LogP contribution in [0.3, 0.4) is 0 Å². The van der Waals surface area contributed by atoms with Gasteiger partial charge in [-0.3, -0.25) is 4.79 Å². The molecule has 510 valence electrons. The highest BCUT2D eigenvalue weighted by Crippen LogP contribution is 2.55. The van der Waals surface area contributed by atoms with Crippen LogP contribution < -0.4 is 50.8 Å². The molecule has 94 heavy (non-hydrogen) atoms. The standard InChI is InChI=1S/C61H93N9O15SSi8/c62-32-14-40-87-74-88(41-15-33-63)77-91(44-18-36-66)79-89(75-87,42-16-34-64)81-93(46-20-38-68)82-90(76-87,43-17-35-65)80-92(78-88,45-19-37-67)84-94(83-91,85-93)47-21-39-69-59(71)58(70-60(72)73-48-57-55-30-12-10-28-53(55)54-29-11-13-31-56(54)57)49-86-61(50-22-4-1-5-23-50,51-24-6-2-7-25-51)52-26-8-3-9-27-52/h1-13,22-31,57-58H,14-21,32-49,62-68H2,(H,69,71)(H,70,72)/t58-,87?,88?,89?,90?,91?,92?,93?,94?/m0/s1. The summed E-state index contributed by atoms with van der Waals surface area (Å²) in [7, 11) is -34.7. The van der Waals surface area contributed by atoms with Crippen LogP contribution in [0.1, 0.15) is 85.1 Å². The minimum atomic E-state index is -4.52. The molecule has 16 N–H and O–H groups in total. The molecule has 2 amide bonds. The Balaban J connectivity index is 0.967. The fourth-order valence-electron chi connectivity index (χ4n) is 13.4. The smallest absolute Gasteiger partial charge is 0.449 e. The molecule has 6 aliphatic heterocycles. The SMILES string of the molecule is NCCC[Si]12O[Si]3(CCCN)O[Si]4(CCCN)O[Si](CCCN)(O1)O[Si]1(CCCN)O[Si](CCCN)(O2)O[Si](CCCN)(O3)O[Si](CCCNC(=O)[C@H](CSC(c2ccccc2)(c2ccccc2)c2ccccc2)NC(=O)OCC2c3ccccc3-c3ccccc32)(O4)O1. The van der Waals surface area contributed by atoms with E-state index in [1.165, 1.54) is 0 Å². The van der Waals surface area contributed by atoms with Crippen molar-refractivity contribution in [2.75, 3.05) is 64.7 Å². The molecule has 1 aliphatic carbocycles. The zero-order chi connectivity index (χ0) is 65.8. The third kappa shape index (κ3) is 15.8. The zero-order valence-corrected chi connectivity index (χ0v) is 62.2. The Kier molecular flexibility index (Phi) is 24.0. The highest BCUT2D eigenvalue weighted by molar-refractivity contribution is 8.00. The number of amides is 2. The second kappa shape index (κ2) is 31.6. The van der Waals surface area contributed by atoms with Gasteiger partial charge in [0.15, 0.2) is 0 Å². The van der Waals surface area contributed by atoms with Gasteiger partial charge in [-0.25, -0.2) is 4.79 Å². The third-order valence-electron chi connectivity index (χ3n) is 17.5. The molecule has 12 rings (SSSR count). The number of rotatable bonds is 35. The molecule has 5 aromatic rings. The van der Waals surface area contributed by atoms with E-state index in [9.17, 15) is 4.79 Å². The predicted molar refractivity (Wildman–Crippen MR) is 374 cm³/mol. The Morgan fingerprint density at radius 2 is 0.681 bits per heavy atom. The molecule has 0 aromatic heterocycles. The summed E-state index contributed by atoms with van der Waals surface area (Å²) in [5.74, 6) is -0.580. The van der Waals surface area contributed by atoms with Crippen LogP contribution in [-0.4, -0.2) is 153 Å². The van der Waals surface area contributed by atoms with Gasteiger partial charge in [0.05, 0.1) is 4.75 Å². The molecule has 0 spiro atoms. The van der Waals surface area contributed by atoms with Gasteiger partial charge in [-0.15, -0.1) is 11.8 Å². The monoisotopic (exact) mass is 1450 g/mol. The van der Waals surface area contributed by atoms with Crippen molar-refractivity contribution in [2.24, 2.45) is 40.1 Å². The molecule has 0 saturated carbocycles. The number of carbonyl (C=O) groups is 2. The van der Waals surface area contributed by atoms with E-state index < -0.39 is 93.2 Å². The van der Waals surface area contributed by atoms with Gasteiger partial charge in [-0.1, -0.05) is 140 Å². The van der Waals surface area contributed by atoms with Crippen LogP contribution in [-0.2, 0) is 63.7 Å². The number of benzene rings is 5. The second-order valence-electron chi connectivity index (χ2n) is 24.4. The lowest BCUT2D eigenvalue weighted by molar-refractivity contribution is -0.122. The number of hydrogen-bond acceptors (Lipinski definition) is 23. The van der Waals surface area contributed by atoms with Crippen LogP contribution in [0.2, 0.25) is 48.4 Å². The zero-order valence-electron chi connectivity index (χ0n) is 53.4. The summed E-state index contributed by atoms with van der Waals surface area (Å²) in [6, 6.07) is 47.1. The van der Waals surface area contributed by atoms with Gasteiger partial charge in [-0.2, -0.15) is 0 Å². The third-order valence-corrected chi connectivity index (χ3v) is 56.7. The lowest BCUT2D eigenvalue weighted by atomic mass is 9.84. The van der Waals surface area contributed by atoms with Crippen molar-refractivity contribution in [3.05, 3.63) is 167 Å². The molecular weight excluding hydrogens is 1360 g/mol. The Labute approximate surface area is 564 Å². The summed E-state index contributed by atoms with van der Waals surface area (Å²) in [6.07, 6.45) is 2.23. The van der Waals surface area contributed by atoms with Gasteiger partial charge in [-0.05, 0) is 136 Å². The lowest BCUT2D eigenvalue weighted by Gasteiger charge is -2.63. The summed E-state index contributed by atoms with van der Waals surface area (Å²) < 4.78 is 98.1. The highest BCUT2D eigenvalue weighted by Gasteiger charge is 2.82. The van der Waals surface area contributed by atoms with Gasteiger partial charge in [0.2, 0.25) is 5.91 Å². The molecule has 1 atom stereocenters. The average Bonchev–Trinajstić information content (AvgIpc) is 0.816. The van der Waals surface area contributed by atoms with Crippen molar-refractivity contribution in [3.63, 3.8) is 0 Å². The molecule has 8 bridgehead atoms. The summed E-state index contributed by atoms with van der Waals surface area (Å²) in [6.45, 7) is 1.85. The quantitative estimate of drug-likeness (QED) is 0.0121. The maximum atomic E-state index is 15.5. The van der Waals surface area contributed by atoms with E-state index in [-0.39, 0.29) is 125 Å². The minimum Gasteiger partial charge on any atom is -0.449 e. The van der Waals surface area contributed by atoms with E-state index in [1.807, 2.05) is 78.9 Å². The van der Waals surface area contributed by atoms with Gasteiger partial charge >= 0.3 is 76.5 Å². The summed E-state index contributed by atoms with van der Waals surface area (Å²) in [5, 5.41) is 6.26. The first-order chi connectivity index (χ1) is 45.7. The van der Waals surface area contributed by atoms with Crippen molar-refractivity contribution in [2.45, 2.75) is 116 Å². The van der Waals surface area contributed by atoms with Gasteiger partial charge < -0.3 is 105 Å². The normalized spacial score (nSPS) is 28.7. The van der Waals surface area contributed by atoms with Crippen molar-refractivity contribution in [3.8, 4) is 11.1 Å². The number of ether oxygens (including phenoxy) is 1. The highest BCUT2D eigenvalue weighted by atomic mass is 32.2. The first kappa shape index (κ1) is 71.4. The van der Waals surface area contributed by atoms with E-state index >= 15 is 4.79 Å². The number of alkyl carbamates (subject to hydrolysis) is 1. The predicted octanol–water partition coefficient (Wildman–Crippen LogP) is 6.35. The number of thioether (sulfide) groups is 1. The van der Waals surface area contributed by atoms with Gasteiger partial charge in [0.1, 0.15) is 12.6 Å². The minimum absolute atomic E-state index is 0.0355. The average molecular weight is 1450 g/mol. The number of carbonyl (C=O) groups excluding carboxylic acids is 2. The lowest BCUT2D eigenvalue weighted by Crippen LogP contribution is -2.88. The Bertz CT molecular complexity index is 3030. The Morgan fingerprint density at radius 3 is 0.979 bits per heavy atom. The molecule has 33 heteroatoms. The first-order valence-corrected chi connectivity index (χ1v) is 49.6. The molecule has 0 radical (unpaired) electrons. The summed E-state index contributed by atoms with van der Waals surface area (Å²) in [4.78, 5) is 30.0. The fourth-order valence-corrected chi connectivity index (χ4v) is 65.6. The number of fused-ring (bicyclic) bond motifs is 3. The van der Waals surface area contributed by atoms with Crippen LogP contribution in [0.25, 0.3) is 11.1 Å². The maximum absolute atomic E-state index is 15.5. The Hall–Kier alpha value is -3.83. The molecule has 6 saturated heterocycles. The Morgan fingerprint density at radius 1 is 0.404 bits per heavy atom. The molecule has 6 heterocycles. The molecule has 0 unspecified atom stereocenters. The van der Waals surface area contributed by atoms with Crippen LogP contribution in [0.15, 0.2) is 140 Å². The van der Waals surface area contributed by atoms with E-state index in [2.05, 4.69) is 71.3 Å². The number of nitrogens with one attached hydrogen (secondary N) is 2. The first-order valence-electron chi connectivity index (χ1n) is 33.2. The molecule has 24 nitrogen and oxygen atoms in total. The second-order valence-corrected chi connectivity index (χ2v) is 50.4. The molecule has 5 aromatic carbocycles. The van der Waals surface area contributed by atoms with Crippen LogP contribution in [0.4, 0.5) is 4.79 Å². The van der Waals surface area contributed by atoms with Crippen LogP contribution in [0, 0.1) is 0 Å². The molecule has 6 fully saturated rings. The van der Waals surface area contributed by atoms with E-state index in [4.69, 9.17) is 94.3 Å². The van der Waals surface area contributed by atoms with Crippen molar-refractivity contribution >= 4 is 94.2 Å². The maximum Gasteiger partial charge on any atom is 0.478 e. The van der Waals surface area contributed by atoms with Crippen LogP contribution in [0.5, 0.6) is 0 Å². The van der Waals surface area contributed by atoms with Gasteiger partial charge in [0, 0.05) is 66.6 Å². The molecule has 7 aliphatic rings.